The van der Waals surface area contributed by atoms with E-state index in [0.29, 0.717) is 18.0 Å². The van der Waals surface area contributed by atoms with E-state index in [0.717, 1.165) is 56.2 Å². The minimum atomic E-state index is 0.355. The summed E-state index contributed by atoms with van der Waals surface area (Å²) in [6.07, 6.45) is 3.24. The molecule has 2 aliphatic rings. The summed E-state index contributed by atoms with van der Waals surface area (Å²) in [6, 6.07) is 11.3. The van der Waals surface area contributed by atoms with Crippen molar-refractivity contribution in [3.05, 3.63) is 41.6 Å². The number of anilines is 2. The highest BCUT2D eigenvalue weighted by Gasteiger charge is 2.25. The molecule has 6 heteroatoms. The van der Waals surface area contributed by atoms with Crippen LogP contribution in [0.5, 0.6) is 5.75 Å². The third kappa shape index (κ3) is 3.69. The average molecular weight is 339 g/mol. The lowest BCUT2D eigenvalue weighted by Gasteiger charge is -2.36. The molecular weight excluding hydrogens is 314 g/mol. The van der Waals surface area contributed by atoms with Crippen molar-refractivity contribution in [3.8, 4) is 5.75 Å². The topological polar surface area (TPSA) is 76.3 Å². The first-order chi connectivity index (χ1) is 12.2. The van der Waals surface area contributed by atoms with Crippen LogP contribution in [0.2, 0.25) is 0 Å². The lowest BCUT2D eigenvalue weighted by Crippen LogP contribution is -2.49. The number of aryl methyl sites for hydroxylation is 1. The summed E-state index contributed by atoms with van der Waals surface area (Å²) in [4.78, 5) is 10.8. The Morgan fingerprint density at radius 2 is 1.96 bits per heavy atom. The first kappa shape index (κ1) is 16.1. The van der Waals surface area contributed by atoms with E-state index in [1.165, 1.54) is 5.56 Å². The molecule has 0 spiro atoms. The molecule has 0 radical (unpaired) electrons. The fourth-order valence-corrected chi connectivity index (χ4v) is 3.78. The number of rotatable bonds is 3. The SMILES string of the molecule is Cc1cc(N2CCC(N[C@@H]3COc4ccccc4C3)CC2)nc(N)n1. The average Bonchev–Trinajstić information content (AvgIpc) is 2.61. The molecule has 3 N–H and O–H groups in total. The fourth-order valence-electron chi connectivity index (χ4n) is 3.78. The van der Waals surface area contributed by atoms with Gasteiger partial charge in [0.15, 0.2) is 0 Å². The van der Waals surface area contributed by atoms with Gasteiger partial charge in [-0.15, -0.1) is 0 Å². The maximum absolute atomic E-state index is 5.89. The second-order valence-corrected chi connectivity index (χ2v) is 6.97. The number of nitrogens with zero attached hydrogens (tertiary/aromatic N) is 3. The van der Waals surface area contributed by atoms with Gasteiger partial charge in [0.05, 0.1) is 0 Å². The number of ether oxygens (including phenoxy) is 1. The predicted molar refractivity (Wildman–Crippen MR) is 99.0 cm³/mol. The van der Waals surface area contributed by atoms with Crippen molar-refractivity contribution in [2.45, 2.75) is 38.3 Å². The fraction of sp³-hybridized carbons (Fsp3) is 0.474. The minimum absolute atomic E-state index is 0.355. The van der Waals surface area contributed by atoms with E-state index in [1.807, 2.05) is 19.1 Å². The standard InChI is InChI=1S/C19H25N5O/c1-13-10-18(23-19(20)21-13)24-8-6-15(7-9-24)22-16-11-14-4-2-3-5-17(14)25-12-16/h2-5,10,15-16,22H,6-9,11-12H2,1H3,(H2,20,21,23)/t16-/m0/s1. The molecule has 0 unspecified atom stereocenters. The molecule has 0 saturated carbocycles. The van der Waals surface area contributed by atoms with Gasteiger partial charge in [-0.05, 0) is 37.8 Å². The van der Waals surface area contributed by atoms with Crippen molar-refractivity contribution in [3.63, 3.8) is 0 Å². The third-order valence-electron chi connectivity index (χ3n) is 5.03. The van der Waals surface area contributed by atoms with Crippen LogP contribution in [0.4, 0.5) is 11.8 Å². The van der Waals surface area contributed by atoms with Crippen molar-refractivity contribution in [2.24, 2.45) is 0 Å². The number of piperidine rings is 1. The minimum Gasteiger partial charge on any atom is -0.492 e. The Hall–Kier alpha value is -2.34. The molecule has 3 heterocycles. The second kappa shape index (κ2) is 6.88. The molecule has 2 aliphatic heterocycles. The monoisotopic (exact) mass is 339 g/mol. The Morgan fingerprint density at radius 1 is 1.16 bits per heavy atom. The van der Waals surface area contributed by atoms with Crippen molar-refractivity contribution in [1.82, 2.24) is 15.3 Å². The van der Waals surface area contributed by atoms with Crippen LogP contribution in [0.3, 0.4) is 0 Å². The van der Waals surface area contributed by atoms with Crippen molar-refractivity contribution >= 4 is 11.8 Å². The van der Waals surface area contributed by atoms with Crippen LogP contribution in [-0.2, 0) is 6.42 Å². The van der Waals surface area contributed by atoms with E-state index < -0.39 is 0 Å². The smallest absolute Gasteiger partial charge is 0.222 e. The molecule has 0 aliphatic carbocycles. The van der Waals surface area contributed by atoms with Gasteiger partial charge in [-0.2, -0.15) is 4.98 Å². The van der Waals surface area contributed by atoms with Crippen molar-refractivity contribution < 1.29 is 4.74 Å². The van der Waals surface area contributed by atoms with E-state index in [-0.39, 0.29) is 0 Å². The van der Waals surface area contributed by atoms with E-state index in [4.69, 9.17) is 10.5 Å². The molecule has 1 atom stereocenters. The van der Waals surface area contributed by atoms with Crippen LogP contribution in [0.25, 0.3) is 0 Å². The number of nitrogen functional groups attached to an aromatic ring is 1. The molecule has 25 heavy (non-hydrogen) atoms. The summed E-state index contributed by atoms with van der Waals surface area (Å²) in [5.41, 5.74) is 8.00. The lowest BCUT2D eigenvalue weighted by atomic mass is 9.99. The summed E-state index contributed by atoms with van der Waals surface area (Å²) < 4.78 is 5.89. The molecule has 0 amide bonds. The number of nitrogens with two attached hydrogens (primary N) is 1. The first-order valence-electron chi connectivity index (χ1n) is 9.00. The zero-order chi connectivity index (χ0) is 17.2. The van der Waals surface area contributed by atoms with Crippen LogP contribution in [0, 0.1) is 6.92 Å². The summed E-state index contributed by atoms with van der Waals surface area (Å²) >= 11 is 0. The Morgan fingerprint density at radius 3 is 2.76 bits per heavy atom. The van der Waals surface area contributed by atoms with Crippen molar-refractivity contribution in [1.29, 1.82) is 0 Å². The number of fused-ring (bicyclic) bond motifs is 1. The van der Waals surface area contributed by atoms with E-state index >= 15 is 0 Å². The zero-order valence-electron chi connectivity index (χ0n) is 14.6. The van der Waals surface area contributed by atoms with Gasteiger partial charge in [0, 0.05) is 36.9 Å². The highest BCUT2D eigenvalue weighted by molar-refractivity contribution is 5.43. The van der Waals surface area contributed by atoms with Crippen LogP contribution in [0.15, 0.2) is 30.3 Å². The Kier molecular flexibility index (Phi) is 4.44. The van der Waals surface area contributed by atoms with Crippen LogP contribution < -0.4 is 20.7 Å². The second-order valence-electron chi connectivity index (χ2n) is 6.97. The van der Waals surface area contributed by atoms with E-state index in [9.17, 15) is 0 Å². The number of para-hydroxylation sites is 1. The Labute approximate surface area is 148 Å². The third-order valence-corrected chi connectivity index (χ3v) is 5.03. The highest BCUT2D eigenvalue weighted by Crippen LogP contribution is 2.25. The highest BCUT2D eigenvalue weighted by atomic mass is 16.5. The van der Waals surface area contributed by atoms with Gasteiger partial charge in [0.1, 0.15) is 18.2 Å². The first-order valence-corrected chi connectivity index (χ1v) is 9.00. The largest absolute Gasteiger partial charge is 0.492 e. The summed E-state index contributed by atoms with van der Waals surface area (Å²) in [5.74, 6) is 2.33. The van der Waals surface area contributed by atoms with E-state index in [2.05, 4.69) is 38.4 Å². The van der Waals surface area contributed by atoms with Crippen LogP contribution in [-0.4, -0.2) is 41.7 Å². The normalized spacial score (nSPS) is 20.8. The molecule has 0 bridgehead atoms. The number of hydrogen-bond acceptors (Lipinski definition) is 6. The Bertz CT molecular complexity index is 722. The van der Waals surface area contributed by atoms with Gasteiger partial charge < -0.3 is 20.7 Å². The summed E-state index contributed by atoms with van der Waals surface area (Å²) in [6.45, 7) is 4.67. The number of hydrogen-bond donors (Lipinski definition) is 2. The molecule has 1 aromatic heterocycles. The van der Waals surface area contributed by atoms with Crippen LogP contribution in [0.1, 0.15) is 24.1 Å². The summed E-state index contributed by atoms with van der Waals surface area (Å²) in [5, 5.41) is 3.78. The van der Waals surface area contributed by atoms with Gasteiger partial charge in [0.2, 0.25) is 5.95 Å². The molecule has 6 nitrogen and oxygen atoms in total. The van der Waals surface area contributed by atoms with Gasteiger partial charge >= 0.3 is 0 Å². The molecule has 4 rings (SSSR count). The number of nitrogens with one attached hydrogen (secondary N) is 1. The van der Waals surface area contributed by atoms with E-state index in [1.54, 1.807) is 0 Å². The molecule has 2 aromatic rings. The van der Waals surface area contributed by atoms with Gasteiger partial charge in [-0.3, -0.25) is 0 Å². The molecular formula is C19H25N5O. The number of aromatic nitrogens is 2. The van der Waals surface area contributed by atoms with Crippen molar-refractivity contribution in [2.75, 3.05) is 30.3 Å². The van der Waals surface area contributed by atoms with Gasteiger partial charge in [-0.1, -0.05) is 18.2 Å². The van der Waals surface area contributed by atoms with Gasteiger partial charge in [0.25, 0.3) is 0 Å². The molecule has 132 valence electrons. The predicted octanol–water partition coefficient (Wildman–Crippen LogP) is 1.93. The maximum atomic E-state index is 5.89. The van der Waals surface area contributed by atoms with Crippen LogP contribution >= 0.6 is 0 Å². The number of benzene rings is 1. The quantitative estimate of drug-likeness (QED) is 0.890. The maximum Gasteiger partial charge on any atom is 0.222 e. The lowest BCUT2D eigenvalue weighted by molar-refractivity contribution is 0.219. The Balaban J connectivity index is 1.32. The van der Waals surface area contributed by atoms with Gasteiger partial charge in [-0.25, -0.2) is 4.98 Å². The summed E-state index contributed by atoms with van der Waals surface area (Å²) in [7, 11) is 0. The molecule has 1 saturated heterocycles. The molecule has 1 aromatic carbocycles. The molecule has 1 fully saturated rings. The zero-order valence-corrected chi connectivity index (χ0v) is 14.6.